The molecule has 0 amide bonds. The zero-order valence-electron chi connectivity index (χ0n) is 3.78. The molecule has 0 radical (unpaired) electrons. The van der Waals surface area contributed by atoms with Crippen LogP contribution in [0.4, 0.5) is 0 Å². The zero-order chi connectivity index (χ0) is 5.70. The fraction of sp³-hybridized carbons (Fsp3) is 0.500. The van der Waals surface area contributed by atoms with Crippen LogP contribution in [0.3, 0.4) is 0 Å². The van der Waals surface area contributed by atoms with Crippen LogP contribution in [0.15, 0.2) is 0 Å². The summed E-state index contributed by atoms with van der Waals surface area (Å²) in [5, 5.41) is 6.43. The molecule has 0 fully saturated rings. The Hall–Kier alpha value is -0.370. The number of hydrogen-bond donors (Lipinski definition) is 1. The fourth-order valence-corrected chi connectivity index (χ4v) is 0.277. The summed E-state index contributed by atoms with van der Waals surface area (Å²) in [6.45, 7) is 0. The SMILES string of the molecule is N=CCC(=O)CCl. The highest BCUT2D eigenvalue weighted by molar-refractivity contribution is 6.28. The van der Waals surface area contributed by atoms with Crippen LogP contribution in [0.2, 0.25) is 0 Å². The summed E-state index contributed by atoms with van der Waals surface area (Å²) >= 11 is 5.08. The van der Waals surface area contributed by atoms with Gasteiger partial charge in [0.25, 0.3) is 0 Å². The monoisotopic (exact) mass is 119 g/mol. The Morgan fingerprint density at radius 1 is 1.86 bits per heavy atom. The molecule has 0 atom stereocenters. The van der Waals surface area contributed by atoms with Crippen molar-refractivity contribution in [3.8, 4) is 0 Å². The first-order chi connectivity index (χ1) is 3.31. The molecular formula is C4H6ClNO. The van der Waals surface area contributed by atoms with E-state index in [1.807, 2.05) is 0 Å². The van der Waals surface area contributed by atoms with Crippen molar-refractivity contribution in [2.75, 3.05) is 5.88 Å². The minimum Gasteiger partial charge on any atom is -0.313 e. The third-order valence-corrected chi connectivity index (χ3v) is 0.777. The molecule has 0 aliphatic carbocycles. The summed E-state index contributed by atoms with van der Waals surface area (Å²) in [5.74, 6) is -0.0771. The first-order valence-corrected chi connectivity index (χ1v) is 2.41. The van der Waals surface area contributed by atoms with Crippen molar-refractivity contribution in [3.05, 3.63) is 0 Å². The highest BCUT2D eigenvalue weighted by Crippen LogP contribution is 1.80. The van der Waals surface area contributed by atoms with Crippen LogP contribution in [0.25, 0.3) is 0 Å². The molecule has 0 heterocycles. The summed E-state index contributed by atoms with van der Waals surface area (Å²) in [7, 11) is 0. The van der Waals surface area contributed by atoms with Gasteiger partial charge in [-0.15, -0.1) is 11.6 Å². The number of ketones is 1. The van der Waals surface area contributed by atoms with Gasteiger partial charge in [0.1, 0.15) is 0 Å². The molecule has 0 aliphatic rings. The van der Waals surface area contributed by atoms with Crippen LogP contribution >= 0.6 is 11.6 Å². The first kappa shape index (κ1) is 6.63. The maximum absolute atomic E-state index is 10.1. The topological polar surface area (TPSA) is 40.9 Å². The molecule has 0 aromatic heterocycles. The third kappa shape index (κ3) is 3.46. The lowest BCUT2D eigenvalue weighted by Crippen LogP contribution is -1.97. The molecule has 40 valence electrons. The molecule has 0 spiro atoms. The molecule has 3 heteroatoms. The van der Waals surface area contributed by atoms with Crippen molar-refractivity contribution >= 4 is 23.6 Å². The summed E-state index contributed by atoms with van der Waals surface area (Å²) in [6, 6.07) is 0. The number of carbonyl (C=O) groups is 1. The van der Waals surface area contributed by atoms with E-state index in [0.717, 1.165) is 6.21 Å². The largest absolute Gasteiger partial charge is 0.313 e. The van der Waals surface area contributed by atoms with Gasteiger partial charge in [-0.2, -0.15) is 0 Å². The molecule has 0 aromatic carbocycles. The molecule has 2 nitrogen and oxygen atoms in total. The molecule has 1 N–H and O–H groups in total. The average Bonchev–Trinajstić information content (AvgIpc) is 1.68. The molecular weight excluding hydrogens is 114 g/mol. The highest BCUT2D eigenvalue weighted by Gasteiger charge is 1.91. The molecule has 0 aliphatic heterocycles. The zero-order valence-corrected chi connectivity index (χ0v) is 4.53. The Morgan fingerprint density at radius 3 is 2.57 bits per heavy atom. The van der Waals surface area contributed by atoms with Gasteiger partial charge in [0.2, 0.25) is 0 Å². The van der Waals surface area contributed by atoms with E-state index in [4.69, 9.17) is 17.0 Å². The van der Waals surface area contributed by atoms with Gasteiger partial charge >= 0.3 is 0 Å². The quantitative estimate of drug-likeness (QED) is 0.434. The second-order valence-corrected chi connectivity index (χ2v) is 1.35. The Kier molecular flexibility index (Phi) is 3.61. The Balaban J connectivity index is 3.17. The first-order valence-electron chi connectivity index (χ1n) is 1.88. The lowest BCUT2D eigenvalue weighted by atomic mass is 10.3. The number of Topliss-reactive ketones (excluding diaryl/α,β-unsaturated/α-hetero) is 1. The van der Waals surface area contributed by atoms with Crippen LogP contribution in [-0.2, 0) is 4.79 Å². The standard InChI is InChI=1S/C4H6ClNO/c5-3-4(7)1-2-6/h2,6H,1,3H2. The summed E-state index contributed by atoms with van der Waals surface area (Å²) in [6.07, 6.45) is 1.22. The van der Waals surface area contributed by atoms with Gasteiger partial charge in [0.15, 0.2) is 5.78 Å². The van der Waals surface area contributed by atoms with Gasteiger partial charge in [-0.1, -0.05) is 0 Å². The Bertz CT molecular complexity index is 81.8. The number of halogens is 1. The summed E-state index contributed by atoms with van der Waals surface area (Å²) in [5.41, 5.74) is 0. The van der Waals surface area contributed by atoms with Crippen LogP contribution < -0.4 is 0 Å². The predicted octanol–water partition coefficient (Wildman–Crippen LogP) is 0.834. The number of alkyl halides is 1. The molecule has 0 unspecified atom stereocenters. The van der Waals surface area contributed by atoms with Crippen LogP contribution in [0.1, 0.15) is 6.42 Å². The normalized spacial score (nSPS) is 8.14. The van der Waals surface area contributed by atoms with E-state index >= 15 is 0 Å². The lowest BCUT2D eigenvalue weighted by molar-refractivity contribution is -0.115. The smallest absolute Gasteiger partial charge is 0.152 e. The minimum absolute atomic E-state index is 0.0232. The van der Waals surface area contributed by atoms with Crippen molar-refractivity contribution in [3.63, 3.8) is 0 Å². The van der Waals surface area contributed by atoms with Gasteiger partial charge in [-0.05, 0) is 0 Å². The van der Waals surface area contributed by atoms with Gasteiger partial charge < -0.3 is 5.41 Å². The second kappa shape index (κ2) is 3.81. The van der Waals surface area contributed by atoms with Crippen molar-refractivity contribution < 1.29 is 4.79 Å². The molecule has 0 rings (SSSR count). The van der Waals surface area contributed by atoms with Crippen LogP contribution in [0.5, 0.6) is 0 Å². The molecule has 7 heavy (non-hydrogen) atoms. The van der Waals surface area contributed by atoms with E-state index < -0.39 is 0 Å². The Morgan fingerprint density at radius 2 is 2.43 bits per heavy atom. The summed E-state index contributed by atoms with van der Waals surface area (Å²) in [4.78, 5) is 10.1. The van der Waals surface area contributed by atoms with Crippen molar-refractivity contribution in [1.29, 1.82) is 5.41 Å². The van der Waals surface area contributed by atoms with E-state index in [9.17, 15) is 4.79 Å². The van der Waals surface area contributed by atoms with E-state index in [-0.39, 0.29) is 18.1 Å². The van der Waals surface area contributed by atoms with Crippen molar-refractivity contribution in [2.24, 2.45) is 0 Å². The van der Waals surface area contributed by atoms with Gasteiger partial charge in [-0.25, -0.2) is 0 Å². The Labute approximate surface area is 47.0 Å². The fourth-order valence-electron chi connectivity index (χ4n) is 0.168. The van der Waals surface area contributed by atoms with Crippen molar-refractivity contribution in [2.45, 2.75) is 6.42 Å². The number of carbonyl (C=O) groups excluding carboxylic acids is 1. The van der Waals surface area contributed by atoms with E-state index in [0.29, 0.717) is 0 Å². The predicted molar refractivity (Wildman–Crippen MR) is 29.1 cm³/mol. The van der Waals surface area contributed by atoms with Gasteiger partial charge in [-0.3, -0.25) is 4.79 Å². The maximum atomic E-state index is 10.1. The van der Waals surface area contributed by atoms with Crippen molar-refractivity contribution in [1.82, 2.24) is 0 Å². The highest BCUT2D eigenvalue weighted by atomic mass is 35.5. The van der Waals surface area contributed by atoms with E-state index in [1.54, 1.807) is 0 Å². The molecule has 0 aromatic rings. The number of nitrogens with one attached hydrogen (secondary N) is 1. The lowest BCUT2D eigenvalue weighted by Gasteiger charge is -1.81. The van der Waals surface area contributed by atoms with Crippen LogP contribution in [-0.4, -0.2) is 17.9 Å². The average molecular weight is 120 g/mol. The molecule has 0 saturated carbocycles. The van der Waals surface area contributed by atoms with E-state index in [1.165, 1.54) is 0 Å². The molecule has 0 saturated heterocycles. The van der Waals surface area contributed by atoms with Gasteiger partial charge in [0, 0.05) is 12.6 Å². The second-order valence-electron chi connectivity index (χ2n) is 1.08. The maximum Gasteiger partial charge on any atom is 0.152 e. The number of rotatable bonds is 3. The molecule has 0 bridgehead atoms. The van der Waals surface area contributed by atoms with E-state index in [2.05, 4.69) is 0 Å². The minimum atomic E-state index is -0.100. The number of hydrogen-bond acceptors (Lipinski definition) is 2. The van der Waals surface area contributed by atoms with Gasteiger partial charge in [0.05, 0.1) is 5.88 Å². The third-order valence-electron chi connectivity index (χ3n) is 0.479. The summed E-state index contributed by atoms with van der Waals surface area (Å²) < 4.78 is 0. The van der Waals surface area contributed by atoms with Crippen LogP contribution in [0, 0.1) is 5.41 Å².